The van der Waals surface area contributed by atoms with Crippen LogP contribution in [0.25, 0.3) is 10.8 Å². The predicted molar refractivity (Wildman–Crippen MR) is 84.9 cm³/mol. The fourth-order valence-electron chi connectivity index (χ4n) is 2.23. The van der Waals surface area contributed by atoms with Crippen LogP contribution in [0.3, 0.4) is 0 Å². The van der Waals surface area contributed by atoms with Gasteiger partial charge in [0.1, 0.15) is 22.7 Å². The Bertz CT molecular complexity index is 935. The van der Waals surface area contributed by atoms with Crippen LogP contribution >= 0.6 is 0 Å². The van der Waals surface area contributed by atoms with E-state index in [1.54, 1.807) is 42.5 Å². The average molecular weight is 308 g/mol. The fraction of sp³-hybridized carbons (Fsp3) is 0. The van der Waals surface area contributed by atoms with Crippen LogP contribution in [0.4, 0.5) is 11.4 Å². The first-order valence-electron chi connectivity index (χ1n) is 6.75. The van der Waals surface area contributed by atoms with E-state index in [1.165, 1.54) is 12.1 Å². The standard InChI is InChI=1S/C17H12N2O4/c20-14-8-4-3-7-13(14)18-19-15-11-6-2-1-5-10(11)9-12(16(15)21)17(22)23/h1-9,20-21H,(H,22,23). The maximum atomic E-state index is 11.3. The molecule has 0 saturated carbocycles. The highest BCUT2D eigenvalue weighted by molar-refractivity contribution is 6.04. The average Bonchev–Trinajstić information content (AvgIpc) is 2.54. The minimum Gasteiger partial charge on any atom is -0.506 e. The van der Waals surface area contributed by atoms with Crippen LogP contribution in [0.5, 0.6) is 11.5 Å². The zero-order chi connectivity index (χ0) is 16.4. The first-order valence-corrected chi connectivity index (χ1v) is 6.75. The van der Waals surface area contributed by atoms with Gasteiger partial charge in [-0.15, -0.1) is 10.2 Å². The molecule has 0 bridgehead atoms. The van der Waals surface area contributed by atoms with Crippen molar-refractivity contribution in [2.75, 3.05) is 0 Å². The van der Waals surface area contributed by atoms with Gasteiger partial charge in [-0.2, -0.15) is 0 Å². The fourth-order valence-corrected chi connectivity index (χ4v) is 2.23. The van der Waals surface area contributed by atoms with E-state index >= 15 is 0 Å². The third-order valence-electron chi connectivity index (χ3n) is 3.37. The van der Waals surface area contributed by atoms with Crippen molar-refractivity contribution in [2.24, 2.45) is 10.2 Å². The molecule has 6 heteroatoms. The van der Waals surface area contributed by atoms with Crippen LogP contribution in [-0.2, 0) is 0 Å². The van der Waals surface area contributed by atoms with E-state index in [2.05, 4.69) is 10.2 Å². The highest BCUT2D eigenvalue weighted by atomic mass is 16.4. The minimum absolute atomic E-state index is 0.0451. The second kappa shape index (κ2) is 5.76. The summed E-state index contributed by atoms with van der Waals surface area (Å²) < 4.78 is 0. The molecule has 3 N–H and O–H groups in total. The number of nitrogens with zero attached hydrogens (tertiary/aromatic N) is 2. The van der Waals surface area contributed by atoms with Gasteiger partial charge in [0, 0.05) is 5.39 Å². The largest absolute Gasteiger partial charge is 0.506 e. The molecule has 0 heterocycles. The molecule has 3 aromatic carbocycles. The Morgan fingerprint density at radius 3 is 2.35 bits per heavy atom. The van der Waals surface area contributed by atoms with E-state index in [-0.39, 0.29) is 22.7 Å². The maximum absolute atomic E-state index is 11.3. The molecule has 0 amide bonds. The monoisotopic (exact) mass is 308 g/mol. The first kappa shape index (κ1) is 14.5. The summed E-state index contributed by atoms with van der Waals surface area (Å²) in [7, 11) is 0. The zero-order valence-electron chi connectivity index (χ0n) is 11.8. The molecule has 0 aliphatic rings. The molecule has 114 valence electrons. The number of hydrogen-bond donors (Lipinski definition) is 3. The van der Waals surface area contributed by atoms with E-state index in [4.69, 9.17) is 0 Å². The van der Waals surface area contributed by atoms with Gasteiger partial charge in [-0.25, -0.2) is 4.79 Å². The number of phenolic OH excluding ortho intramolecular Hbond substituents is 1. The molecule has 0 radical (unpaired) electrons. The Morgan fingerprint density at radius 1 is 0.913 bits per heavy atom. The Morgan fingerprint density at radius 2 is 1.61 bits per heavy atom. The van der Waals surface area contributed by atoms with Gasteiger partial charge in [0.05, 0.1) is 0 Å². The highest BCUT2D eigenvalue weighted by Gasteiger charge is 2.17. The third-order valence-corrected chi connectivity index (χ3v) is 3.37. The van der Waals surface area contributed by atoms with Gasteiger partial charge in [-0.05, 0) is 23.6 Å². The Kier molecular flexibility index (Phi) is 3.64. The SMILES string of the molecule is O=C(O)c1cc2ccccc2c(N=Nc2ccccc2O)c1O. The van der Waals surface area contributed by atoms with Gasteiger partial charge < -0.3 is 15.3 Å². The van der Waals surface area contributed by atoms with Gasteiger partial charge in [0.2, 0.25) is 0 Å². The summed E-state index contributed by atoms with van der Waals surface area (Å²) in [5.74, 6) is -1.78. The van der Waals surface area contributed by atoms with Crippen molar-refractivity contribution in [1.82, 2.24) is 0 Å². The topological polar surface area (TPSA) is 102 Å². The van der Waals surface area contributed by atoms with E-state index in [1.807, 2.05) is 0 Å². The van der Waals surface area contributed by atoms with Crippen molar-refractivity contribution < 1.29 is 20.1 Å². The molecule has 0 aliphatic heterocycles. The molecule has 0 fully saturated rings. The van der Waals surface area contributed by atoms with Crippen molar-refractivity contribution in [3.8, 4) is 11.5 Å². The number of aromatic hydroxyl groups is 2. The quantitative estimate of drug-likeness (QED) is 0.625. The molecule has 0 saturated heterocycles. The number of phenols is 2. The lowest BCUT2D eigenvalue weighted by Crippen LogP contribution is -1.97. The second-order valence-corrected chi connectivity index (χ2v) is 4.84. The number of aromatic carboxylic acids is 1. The summed E-state index contributed by atoms with van der Waals surface area (Å²) in [6.07, 6.45) is 0. The summed E-state index contributed by atoms with van der Waals surface area (Å²) in [5.41, 5.74) is 0.00963. The molecular weight excluding hydrogens is 296 g/mol. The lowest BCUT2D eigenvalue weighted by atomic mass is 10.0. The van der Waals surface area contributed by atoms with Crippen LogP contribution in [-0.4, -0.2) is 21.3 Å². The van der Waals surface area contributed by atoms with E-state index in [9.17, 15) is 20.1 Å². The van der Waals surface area contributed by atoms with E-state index < -0.39 is 11.7 Å². The third kappa shape index (κ3) is 2.69. The molecule has 0 unspecified atom stereocenters. The highest BCUT2D eigenvalue weighted by Crippen LogP contribution is 2.39. The Hall–Kier alpha value is -3.41. The van der Waals surface area contributed by atoms with Crippen molar-refractivity contribution in [3.05, 3.63) is 60.2 Å². The maximum Gasteiger partial charge on any atom is 0.339 e. The zero-order valence-corrected chi connectivity index (χ0v) is 11.8. The normalized spacial score (nSPS) is 11.1. The summed E-state index contributed by atoms with van der Waals surface area (Å²) in [6.45, 7) is 0. The summed E-state index contributed by atoms with van der Waals surface area (Å²) in [6, 6.07) is 14.7. The molecule has 0 atom stereocenters. The summed E-state index contributed by atoms with van der Waals surface area (Å²) in [4.78, 5) is 11.3. The number of carbonyl (C=O) groups is 1. The van der Waals surface area contributed by atoms with Crippen molar-refractivity contribution in [2.45, 2.75) is 0 Å². The van der Waals surface area contributed by atoms with Crippen molar-refractivity contribution in [1.29, 1.82) is 0 Å². The van der Waals surface area contributed by atoms with Crippen LogP contribution in [0, 0.1) is 0 Å². The smallest absolute Gasteiger partial charge is 0.339 e. The van der Waals surface area contributed by atoms with Gasteiger partial charge >= 0.3 is 5.97 Å². The second-order valence-electron chi connectivity index (χ2n) is 4.84. The predicted octanol–water partition coefficient (Wildman–Crippen LogP) is 4.36. The summed E-state index contributed by atoms with van der Waals surface area (Å²) in [5, 5.41) is 38.2. The van der Waals surface area contributed by atoms with Gasteiger partial charge in [0.15, 0.2) is 5.75 Å². The van der Waals surface area contributed by atoms with E-state index in [0.717, 1.165) is 0 Å². The summed E-state index contributed by atoms with van der Waals surface area (Å²) >= 11 is 0. The minimum atomic E-state index is -1.26. The van der Waals surface area contributed by atoms with E-state index in [0.29, 0.717) is 10.8 Å². The molecule has 23 heavy (non-hydrogen) atoms. The van der Waals surface area contributed by atoms with Gasteiger partial charge in [-0.3, -0.25) is 0 Å². The number of carboxylic acids is 1. The van der Waals surface area contributed by atoms with Crippen LogP contribution in [0.1, 0.15) is 10.4 Å². The lowest BCUT2D eigenvalue weighted by molar-refractivity contribution is 0.0694. The number of hydrogen-bond acceptors (Lipinski definition) is 5. The lowest BCUT2D eigenvalue weighted by Gasteiger charge is -2.07. The number of benzene rings is 3. The molecule has 3 aromatic rings. The number of azo groups is 1. The Balaban J connectivity index is 2.21. The number of rotatable bonds is 3. The molecule has 3 rings (SSSR count). The van der Waals surface area contributed by atoms with Gasteiger partial charge in [-0.1, -0.05) is 36.4 Å². The van der Waals surface area contributed by atoms with Crippen LogP contribution in [0.15, 0.2) is 64.8 Å². The van der Waals surface area contributed by atoms with Crippen LogP contribution in [0.2, 0.25) is 0 Å². The van der Waals surface area contributed by atoms with Crippen molar-refractivity contribution in [3.63, 3.8) is 0 Å². The first-order chi connectivity index (χ1) is 11.1. The molecule has 0 aliphatic carbocycles. The van der Waals surface area contributed by atoms with Crippen LogP contribution < -0.4 is 0 Å². The van der Waals surface area contributed by atoms with Gasteiger partial charge in [0.25, 0.3) is 0 Å². The van der Waals surface area contributed by atoms with Crippen molar-refractivity contribution >= 4 is 28.1 Å². The number of para-hydroxylation sites is 1. The molecule has 6 nitrogen and oxygen atoms in total. The Labute approximate surface area is 131 Å². The molecule has 0 aromatic heterocycles. The molecular formula is C17H12N2O4. The molecule has 0 spiro atoms. The number of carboxylic acid groups (broad SMARTS) is 1. The number of fused-ring (bicyclic) bond motifs is 1.